The van der Waals surface area contributed by atoms with Crippen LogP contribution in [-0.2, 0) is 0 Å². The van der Waals surface area contributed by atoms with Gasteiger partial charge in [0.2, 0.25) is 0 Å². The Morgan fingerprint density at radius 3 is 1.46 bits per heavy atom. The molecule has 0 saturated heterocycles. The molecule has 11 aromatic rings. The standard InChI is InChI=1S/C49H30N4S/c1-4-14-31(15-5-1)35-26-29-42-40(30-35)44-38-21-11-10-20-37(38)43-39-22-12-13-23-41(39)53(45(43)46(44)54-42)36-27-24-34(25-28-36)49-51-47(32-16-6-2-7-17-32)50-48(52-49)33-18-8-3-9-19-33/h1-30H. The molecule has 0 unspecified atom stereocenters. The largest absolute Gasteiger partial charge is 0.308 e. The molecule has 3 aromatic heterocycles. The summed E-state index contributed by atoms with van der Waals surface area (Å²) in [5, 5.41) is 7.68. The van der Waals surface area contributed by atoms with Crippen LogP contribution in [0.15, 0.2) is 182 Å². The van der Waals surface area contributed by atoms with E-state index in [0.29, 0.717) is 17.5 Å². The van der Waals surface area contributed by atoms with Crippen LogP contribution in [-0.4, -0.2) is 19.5 Å². The highest BCUT2D eigenvalue weighted by Gasteiger charge is 2.22. The molecule has 0 bridgehead atoms. The minimum atomic E-state index is 0.642. The van der Waals surface area contributed by atoms with Crippen LogP contribution in [0.5, 0.6) is 0 Å². The molecule has 0 N–H and O–H groups in total. The Kier molecular flexibility index (Phi) is 7.00. The number of nitrogens with zero attached hydrogens (tertiary/aromatic N) is 4. The van der Waals surface area contributed by atoms with Crippen molar-refractivity contribution < 1.29 is 0 Å². The molecule has 54 heavy (non-hydrogen) atoms. The normalized spacial score (nSPS) is 11.7. The third-order valence-electron chi connectivity index (χ3n) is 10.4. The van der Waals surface area contributed by atoms with Gasteiger partial charge in [-0.25, -0.2) is 15.0 Å². The van der Waals surface area contributed by atoms with Gasteiger partial charge in [0, 0.05) is 48.6 Å². The van der Waals surface area contributed by atoms with Gasteiger partial charge in [0.05, 0.1) is 15.7 Å². The first kappa shape index (κ1) is 30.7. The SMILES string of the molecule is c1ccc(-c2ccc3sc4c(c3c2)c2ccccc2c2c3ccccc3n(-c3ccc(-c5nc(-c6ccccc6)nc(-c6ccccc6)n5)cc3)c42)cc1. The fraction of sp³-hybridized carbons (Fsp3) is 0. The molecule has 0 aliphatic carbocycles. The summed E-state index contributed by atoms with van der Waals surface area (Å²) in [5.41, 5.74) is 8.80. The van der Waals surface area contributed by atoms with Crippen molar-refractivity contribution in [2.24, 2.45) is 0 Å². The van der Waals surface area contributed by atoms with Crippen LogP contribution in [0.25, 0.3) is 104 Å². The van der Waals surface area contributed by atoms with E-state index in [-0.39, 0.29) is 0 Å². The zero-order valence-corrected chi connectivity index (χ0v) is 29.8. The monoisotopic (exact) mass is 706 g/mol. The molecule has 3 heterocycles. The number of aromatic nitrogens is 4. The highest BCUT2D eigenvalue weighted by molar-refractivity contribution is 7.27. The van der Waals surface area contributed by atoms with Crippen LogP contribution in [0.2, 0.25) is 0 Å². The number of hydrogen-bond donors (Lipinski definition) is 0. The Morgan fingerprint density at radius 1 is 0.370 bits per heavy atom. The quantitative estimate of drug-likeness (QED) is 0.179. The summed E-state index contributed by atoms with van der Waals surface area (Å²) in [6.07, 6.45) is 0. The molecule has 11 rings (SSSR count). The first-order valence-electron chi connectivity index (χ1n) is 18.1. The average Bonchev–Trinajstić information content (AvgIpc) is 3.81. The lowest BCUT2D eigenvalue weighted by Gasteiger charge is -2.12. The van der Waals surface area contributed by atoms with E-state index in [4.69, 9.17) is 15.0 Å². The Morgan fingerprint density at radius 2 is 0.852 bits per heavy atom. The van der Waals surface area contributed by atoms with Gasteiger partial charge in [-0.15, -0.1) is 11.3 Å². The van der Waals surface area contributed by atoms with Crippen molar-refractivity contribution in [1.29, 1.82) is 0 Å². The van der Waals surface area contributed by atoms with Gasteiger partial charge in [-0.2, -0.15) is 0 Å². The second kappa shape index (κ2) is 12.3. The van der Waals surface area contributed by atoms with Gasteiger partial charge in [0.1, 0.15) is 0 Å². The minimum Gasteiger partial charge on any atom is -0.308 e. The van der Waals surface area contributed by atoms with E-state index in [2.05, 4.69) is 126 Å². The minimum absolute atomic E-state index is 0.642. The van der Waals surface area contributed by atoms with Crippen LogP contribution in [0.3, 0.4) is 0 Å². The summed E-state index contributed by atoms with van der Waals surface area (Å²) in [5.74, 6) is 1.95. The molecule has 252 valence electrons. The van der Waals surface area contributed by atoms with Gasteiger partial charge in [-0.3, -0.25) is 0 Å². The zero-order valence-electron chi connectivity index (χ0n) is 29.0. The van der Waals surface area contributed by atoms with E-state index in [1.54, 1.807) is 0 Å². The van der Waals surface area contributed by atoms with E-state index in [9.17, 15) is 0 Å². The van der Waals surface area contributed by atoms with Crippen LogP contribution < -0.4 is 0 Å². The molecule has 8 aromatic carbocycles. The van der Waals surface area contributed by atoms with E-state index >= 15 is 0 Å². The lowest BCUT2D eigenvalue weighted by atomic mass is 9.97. The Hall–Kier alpha value is -6.95. The number of rotatable bonds is 5. The van der Waals surface area contributed by atoms with Crippen molar-refractivity contribution in [2.45, 2.75) is 0 Å². The second-order valence-corrected chi connectivity index (χ2v) is 14.6. The summed E-state index contributed by atoms with van der Waals surface area (Å²) < 4.78 is 5.03. The van der Waals surface area contributed by atoms with Crippen LogP contribution in [0.4, 0.5) is 0 Å². The maximum absolute atomic E-state index is 4.99. The molecule has 0 saturated carbocycles. The summed E-state index contributed by atoms with van der Waals surface area (Å²) >= 11 is 1.89. The van der Waals surface area contributed by atoms with E-state index < -0.39 is 0 Å². The van der Waals surface area contributed by atoms with E-state index in [0.717, 1.165) is 22.4 Å². The van der Waals surface area contributed by atoms with Crippen molar-refractivity contribution in [3.05, 3.63) is 182 Å². The van der Waals surface area contributed by atoms with E-state index in [1.807, 2.05) is 72.0 Å². The maximum Gasteiger partial charge on any atom is 0.164 e. The van der Waals surface area contributed by atoms with Gasteiger partial charge in [0.15, 0.2) is 17.5 Å². The van der Waals surface area contributed by atoms with Crippen molar-refractivity contribution in [3.8, 4) is 51.0 Å². The van der Waals surface area contributed by atoms with Gasteiger partial charge in [-0.1, -0.05) is 140 Å². The number of fused-ring (bicyclic) bond motifs is 10. The lowest BCUT2D eigenvalue weighted by Crippen LogP contribution is -2.00. The first-order valence-corrected chi connectivity index (χ1v) is 18.9. The molecule has 5 heteroatoms. The van der Waals surface area contributed by atoms with Gasteiger partial charge in [0.25, 0.3) is 0 Å². The Balaban J connectivity index is 1.14. The van der Waals surface area contributed by atoms with Crippen LogP contribution >= 0.6 is 11.3 Å². The predicted octanol–water partition coefficient (Wildman–Crippen LogP) is 13.2. The zero-order chi connectivity index (χ0) is 35.6. The molecule has 0 aliphatic heterocycles. The number of hydrogen-bond acceptors (Lipinski definition) is 4. The van der Waals surface area contributed by atoms with Crippen molar-refractivity contribution >= 4 is 64.1 Å². The average molecular weight is 707 g/mol. The first-order chi connectivity index (χ1) is 26.8. The van der Waals surface area contributed by atoms with Crippen LogP contribution in [0.1, 0.15) is 0 Å². The number of benzene rings is 8. The fourth-order valence-corrected chi connectivity index (χ4v) is 9.19. The topological polar surface area (TPSA) is 43.6 Å². The summed E-state index contributed by atoms with van der Waals surface area (Å²) in [6, 6.07) is 64.3. The molecular weight excluding hydrogens is 677 g/mol. The van der Waals surface area contributed by atoms with Crippen molar-refractivity contribution in [2.75, 3.05) is 0 Å². The predicted molar refractivity (Wildman–Crippen MR) is 226 cm³/mol. The summed E-state index contributed by atoms with van der Waals surface area (Å²) in [6.45, 7) is 0. The highest BCUT2D eigenvalue weighted by Crippen LogP contribution is 2.48. The molecule has 0 aliphatic rings. The molecule has 0 atom stereocenters. The van der Waals surface area contributed by atoms with Crippen LogP contribution in [0, 0.1) is 0 Å². The Bertz CT molecular complexity index is 3130. The number of para-hydroxylation sites is 1. The smallest absolute Gasteiger partial charge is 0.164 e. The van der Waals surface area contributed by atoms with Crippen molar-refractivity contribution in [3.63, 3.8) is 0 Å². The van der Waals surface area contributed by atoms with E-state index in [1.165, 1.54) is 63.9 Å². The Labute approximate surface area is 315 Å². The lowest BCUT2D eigenvalue weighted by molar-refractivity contribution is 1.07. The summed E-state index contributed by atoms with van der Waals surface area (Å²) in [4.78, 5) is 14.9. The van der Waals surface area contributed by atoms with Crippen molar-refractivity contribution in [1.82, 2.24) is 19.5 Å². The maximum atomic E-state index is 4.99. The molecular formula is C49H30N4S. The molecule has 0 fully saturated rings. The fourth-order valence-electron chi connectivity index (χ4n) is 7.95. The molecule has 0 amide bonds. The summed E-state index contributed by atoms with van der Waals surface area (Å²) in [7, 11) is 0. The van der Waals surface area contributed by atoms with Gasteiger partial charge in [-0.05, 0) is 64.4 Å². The highest BCUT2D eigenvalue weighted by atomic mass is 32.1. The number of thiophene rings is 1. The molecule has 0 spiro atoms. The second-order valence-electron chi connectivity index (χ2n) is 13.6. The van der Waals surface area contributed by atoms with Gasteiger partial charge >= 0.3 is 0 Å². The molecule has 0 radical (unpaired) electrons. The van der Waals surface area contributed by atoms with Gasteiger partial charge < -0.3 is 4.57 Å². The third kappa shape index (κ3) is 4.86. The molecule has 4 nitrogen and oxygen atoms in total. The third-order valence-corrected chi connectivity index (χ3v) is 11.6.